The molecule has 206 valence electrons. The summed E-state index contributed by atoms with van der Waals surface area (Å²) in [5.74, 6) is -1.33. The average molecular weight is 542 g/mol. The number of ketones is 1. The van der Waals surface area contributed by atoms with Gasteiger partial charge in [-0.3, -0.25) is 29.4 Å². The van der Waals surface area contributed by atoms with Gasteiger partial charge in [0.25, 0.3) is 5.69 Å². The van der Waals surface area contributed by atoms with Crippen LogP contribution in [0.2, 0.25) is 0 Å². The highest BCUT2D eigenvalue weighted by Gasteiger charge is 2.33. The van der Waals surface area contributed by atoms with Crippen molar-refractivity contribution in [3.8, 4) is 0 Å². The first-order valence-corrected chi connectivity index (χ1v) is 12.4. The van der Waals surface area contributed by atoms with E-state index in [9.17, 15) is 29.3 Å². The first-order valence-electron chi connectivity index (χ1n) is 12.4. The number of hydrogen-bond acceptors (Lipinski definition) is 8. The van der Waals surface area contributed by atoms with Crippen molar-refractivity contribution in [2.24, 2.45) is 0 Å². The summed E-state index contributed by atoms with van der Waals surface area (Å²) in [6.45, 7) is 3.16. The van der Waals surface area contributed by atoms with Crippen LogP contribution in [0, 0.1) is 15.9 Å². The second-order valence-corrected chi connectivity index (χ2v) is 9.29. The molecule has 2 aromatic rings. The quantitative estimate of drug-likeness (QED) is 0.290. The largest absolute Gasteiger partial charge is 0.442 e. The van der Waals surface area contributed by atoms with Crippen LogP contribution >= 0.6 is 0 Å². The van der Waals surface area contributed by atoms with Gasteiger partial charge in [-0.05, 0) is 18.2 Å². The molecule has 12 nitrogen and oxygen atoms in total. The van der Waals surface area contributed by atoms with Gasteiger partial charge in [0.05, 0.1) is 29.4 Å². The summed E-state index contributed by atoms with van der Waals surface area (Å²) in [5, 5.41) is 13.5. The number of nitrogens with zero attached hydrogens (tertiary/aromatic N) is 4. The fraction of sp³-hybridized carbons (Fsp3) is 0.385. The molecule has 4 rings (SSSR count). The lowest BCUT2D eigenvalue weighted by molar-refractivity contribution is -0.384. The maximum Gasteiger partial charge on any atom is 0.414 e. The number of carbonyl (C=O) groups is 4. The molecule has 0 spiro atoms. The highest BCUT2D eigenvalue weighted by atomic mass is 19.1. The lowest BCUT2D eigenvalue weighted by Crippen LogP contribution is -2.49. The maximum absolute atomic E-state index is 15.0. The molecule has 2 heterocycles. The molecule has 0 bridgehead atoms. The third-order valence-corrected chi connectivity index (χ3v) is 6.61. The van der Waals surface area contributed by atoms with Crippen LogP contribution in [0.15, 0.2) is 42.5 Å². The number of nitrogens with one attached hydrogen (secondary N) is 1. The molecule has 13 heteroatoms. The number of rotatable bonds is 9. The monoisotopic (exact) mass is 541 g/mol. The Labute approximate surface area is 223 Å². The minimum atomic E-state index is -0.617. The molecule has 1 unspecified atom stereocenters. The summed E-state index contributed by atoms with van der Waals surface area (Å²) < 4.78 is 20.3. The lowest BCUT2D eigenvalue weighted by atomic mass is 10.1. The van der Waals surface area contributed by atoms with Crippen LogP contribution in [0.5, 0.6) is 0 Å². The molecular formula is C26H28FN5O7. The van der Waals surface area contributed by atoms with E-state index in [0.717, 1.165) is 0 Å². The van der Waals surface area contributed by atoms with Crippen LogP contribution in [0.3, 0.4) is 0 Å². The predicted octanol–water partition coefficient (Wildman–Crippen LogP) is 2.51. The van der Waals surface area contributed by atoms with Gasteiger partial charge in [-0.25, -0.2) is 9.18 Å². The maximum atomic E-state index is 15.0. The zero-order valence-electron chi connectivity index (χ0n) is 21.3. The smallest absolute Gasteiger partial charge is 0.414 e. The lowest BCUT2D eigenvalue weighted by Gasteiger charge is -2.36. The summed E-state index contributed by atoms with van der Waals surface area (Å²) in [5.41, 5.74) is 0.684. The summed E-state index contributed by atoms with van der Waals surface area (Å²) in [6.07, 6.45) is -1.25. The van der Waals surface area contributed by atoms with E-state index in [0.29, 0.717) is 37.6 Å². The Bertz CT molecular complexity index is 1300. The third-order valence-electron chi connectivity index (χ3n) is 6.61. The first-order chi connectivity index (χ1) is 18.6. The molecule has 2 aliphatic rings. The van der Waals surface area contributed by atoms with E-state index in [2.05, 4.69) is 5.32 Å². The summed E-state index contributed by atoms with van der Waals surface area (Å²) >= 11 is 0. The van der Waals surface area contributed by atoms with Gasteiger partial charge in [-0.15, -0.1) is 0 Å². The standard InChI is InChI=1S/C26H28FN5O7/c1-17(33)28-15-21-16-31(26(36)39-21)19-5-6-23(22(27)14-19)29-9-11-30(12-10-29)25(35)8-7-24(34)18-3-2-4-20(13-18)32(37)38/h2-6,13-14,21H,7-12,15-16H2,1H3,(H,28,33). The Morgan fingerprint density at radius 3 is 2.51 bits per heavy atom. The number of non-ortho nitro benzene ring substituents is 1. The predicted molar refractivity (Wildman–Crippen MR) is 138 cm³/mol. The molecule has 2 saturated heterocycles. The average Bonchev–Trinajstić information content (AvgIpc) is 3.30. The number of piperazine rings is 1. The van der Waals surface area contributed by atoms with Crippen molar-refractivity contribution in [1.82, 2.24) is 10.2 Å². The molecule has 1 atom stereocenters. The van der Waals surface area contributed by atoms with E-state index >= 15 is 4.39 Å². The number of anilines is 2. The SMILES string of the molecule is CC(=O)NCC1CN(c2ccc(N3CCN(C(=O)CCC(=O)c4cccc([N+](=O)[O-])c4)CC3)c(F)c2)C(=O)O1. The van der Waals surface area contributed by atoms with Gasteiger partial charge >= 0.3 is 6.09 Å². The second-order valence-electron chi connectivity index (χ2n) is 9.29. The van der Waals surface area contributed by atoms with E-state index in [1.807, 2.05) is 0 Å². The minimum absolute atomic E-state index is 0.0283. The first kappa shape index (κ1) is 27.5. The number of nitro groups is 1. The van der Waals surface area contributed by atoms with Crippen LogP contribution in [-0.2, 0) is 14.3 Å². The zero-order chi connectivity index (χ0) is 28.1. The number of halogens is 1. The molecule has 2 aromatic carbocycles. The molecule has 0 saturated carbocycles. The van der Waals surface area contributed by atoms with Crippen LogP contribution in [0.4, 0.5) is 26.2 Å². The van der Waals surface area contributed by atoms with Gasteiger partial charge in [-0.2, -0.15) is 0 Å². The molecule has 3 amide bonds. The highest BCUT2D eigenvalue weighted by Crippen LogP contribution is 2.28. The van der Waals surface area contributed by atoms with Crippen molar-refractivity contribution in [3.63, 3.8) is 0 Å². The zero-order valence-corrected chi connectivity index (χ0v) is 21.3. The van der Waals surface area contributed by atoms with Gasteiger partial charge < -0.3 is 19.9 Å². The number of cyclic esters (lactones) is 1. The van der Waals surface area contributed by atoms with Gasteiger partial charge in [0.1, 0.15) is 11.9 Å². The number of Topliss-reactive ketones (excluding diaryl/α,β-unsaturated/α-hetero) is 1. The fourth-order valence-corrected chi connectivity index (χ4v) is 4.53. The summed E-state index contributed by atoms with van der Waals surface area (Å²) in [7, 11) is 0. The van der Waals surface area contributed by atoms with Crippen molar-refractivity contribution in [1.29, 1.82) is 0 Å². The van der Waals surface area contributed by atoms with Crippen molar-refractivity contribution in [2.75, 3.05) is 49.1 Å². The molecule has 1 N–H and O–H groups in total. The Balaban J connectivity index is 1.28. The normalized spacial score (nSPS) is 17.1. The van der Waals surface area contributed by atoms with Crippen LogP contribution in [0.25, 0.3) is 0 Å². The fourth-order valence-electron chi connectivity index (χ4n) is 4.53. The Hall–Kier alpha value is -4.55. The molecule has 39 heavy (non-hydrogen) atoms. The van der Waals surface area contributed by atoms with E-state index in [4.69, 9.17) is 4.74 Å². The number of carbonyl (C=O) groups excluding carboxylic acids is 4. The summed E-state index contributed by atoms with van der Waals surface area (Å²) in [6, 6.07) is 9.86. The molecule has 0 aliphatic carbocycles. The van der Waals surface area contributed by atoms with Crippen molar-refractivity contribution >= 4 is 40.8 Å². The van der Waals surface area contributed by atoms with Gasteiger partial charge in [0.15, 0.2) is 5.78 Å². The van der Waals surface area contributed by atoms with Gasteiger partial charge in [0.2, 0.25) is 11.8 Å². The Morgan fingerprint density at radius 1 is 1.10 bits per heavy atom. The van der Waals surface area contributed by atoms with Crippen LogP contribution in [-0.4, -0.2) is 78.9 Å². The molecule has 0 aromatic heterocycles. The number of benzene rings is 2. The van der Waals surface area contributed by atoms with Crippen LogP contribution < -0.4 is 15.1 Å². The number of ether oxygens (including phenoxy) is 1. The Kier molecular flexibility index (Phi) is 8.37. The topological polar surface area (TPSA) is 142 Å². The second kappa shape index (κ2) is 11.9. The molecular weight excluding hydrogens is 513 g/mol. The van der Waals surface area contributed by atoms with Gasteiger partial charge in [0, 0.05) is 63.6 Å². The van der Waals surface area contributed by atoms with Crippen LogP contribution in [0.1, 0.15) is 30.1 Å². The highest BCUT2D eigenvalue weighted by molar-refractivity contribution is 5.98. The number of amides is 3. The van der Waals surface area contributed by atoms with Crippen molar-refractivity contribution in [2.45, 2.75) is 25.9 Å². The molecule has 2 fully saturated rings. The Morgan fingerprint density at radius 2 is 1.85 bits per heavy atom. The number of nitro benzene ring substituents is 1. The molecule has 2 aliphatic heterocycles. The van der Waals surface area contributed by atoms with Crippen molar-refractivity contribution < 1.29 is 33.2 Å². The van der Waals surface area contributed by atoms with E-state index in [1.54, 1.807) is 21.9 Å². The minimum Gasteiger partial charge on any atom is -0.442 e. The van der Waals surface area contributed by atoms with Crippen molar-refractivity contribution in [3.05, 3.63) is 64.0 Å². The van der Waals surface area contributed by atoms with E-state index < -0.39 is 22.9 Å². The summed E-state index contributed by atoms with van der Waals surface area (Å²) in [4.78, 5) is 63.4. The number of hydrogen-bond donors (Lipinski definition) is 1. The van der Waals surface area contributed by atoms with E-state index in [1.165, 1.54) is 42.2 Å². The van der Waals surface area contributed by atoms with E-state index in [-0.39, 0.29) is 54.8 Å². The van der Waals surface area contributed by atoms with Gasteiger partial charge in [-0.1, -0.05) is 12.1 Å². The third kappa shape index (κ3) is 6.67. The molecule has 0 radical (unpaired) electrons.